The van der Waals surface area contributed by atoms with Crippen LogP contribution in [0.1, 0.15) is 35.6 Å². The molecule has 1 atom stereocenters. The first kappa shape index (κ1) is 15.8. The molecule has 0 aromatic carbocycles. The van der Waals surface area contributed by atoms with Crippen LogP contribution in [0.3, 0.4) is 0 Å². The molecule has 2 aromatic heterocycles. The van der Waals surface area contributed by atoms with Crippen molar-refractivity contribution in [1.82, 2.24) is 14.9 Å². The normalized spacial score (nSPS) is 11.8. The van der Waals surface area contributed by atoms with E-state index >= 15 is 0 Å². The zero-order valence-corrected chi connectivity index (χ0v) is 12.9. The number of hydrogen-bond acceptors (Lipinski definition) is 4. The van der Waals surface area contributed by atoms with Gasteiger partial charge in [0.25, 0.3) is 5.91 Å². The third-order valence-electron chi connectivity index (χ3n) is 3.53. The van der Waals surface area contributed by atoms with Crippen LogP contribution in [0, 0.1) is 0 Å². The molecule has 2 rings (SSSR count). The summed E-state index contributed by atoms with van der Waals surface area (Å²) in [5.74, 6) is -0.0896. The van der Waals surface area contributed by atoms with Crippen LogP contribution in [0.4, 0.5) is 0 Å². The van der Waals surface area contributed by atoms with Gasteiger partial charge in [-0.15, -0.1) is 0 Å². The number of hydrogen-bond donors (Lipinski definition) is 1. The van der Waals surface area contributed by atoms with Gasteiger partial charge in [0.05, 0.1) is 18.8 Å². The first-order valence-electron chi connectivity index (χ1n) is 7.03. The molecular formula is C16H19N3O3. The minimum Gasteiger partial charge on any atom is -0.491 e. The highest BCUT2D eigenvalue weighted by Crippen LogP contribution is 2.22. The van der Waals surface area contributed by atoms with Gasteiger partial charge >= 0.3 is 0 Å². The maximum atomic E-state index is 12.6. The van der Waals surface area contributed by atoms with Gasteiger partial charge in [0.15, 0.2) is 5.75 Å². The summed E-state index contributed by atoms with van der Waals surface area (Å²) in [5.41, 5.74) is 0.711. The first-order chi connectivity index (χ1) is 10.6. The van der Waals surface area contributed by atoms with Gasteiger partial charge in [-0.1, -0.05) is 13.0 Å². The van der Waals surface area contributed by atoms with E-state index in [4.69, 9.17) is 4.74 Å². The molecule has 0 spiro atoms. The van der Waals surface area contributed by atoms with Gasteiger partial charge in [-0.25, -0.2) is 0 Å². The van der Waals surface area contributed by atoms with Gasteiger partial charge in [-0.05, 0) is 18.6 Å². The van der Waals surface area contributed by atoms with Crippen molar-refractivity contribution in [2.75, 3.05) is 14.2 Å². The van der Waals surface area contributed by atoms with Crippen LogP contribution >= 0.6 is 0 Å². The molecule has 1 N–H and O–H groups in total. The summed E-state index contributed by atoms with van der Waals surface area (Å²) in [7, 11) is 3.11. The molecule has 2 aromatic rings. The molecule has 2 heterocycles. The molecule has 6 heteroatoms. The number of carbonyl (C=O) groups is 1. The maximum absolute atomic E-state index is 12.6. The van der Waals surface area contributed by atoms with E-state index in [1.165, 1.54) is 19.4 Å². The zero-order valence-electron chi connectivity index (χ0n) is 12.9. The van der Waals surface area contributed by atoms with E-state index in [1.807, 2.05) is 25.1 Å². The molecule has 0 aliphatic carbocycles. The summed E-state index contributed by atoms with van der Waals surface area (Å²) < 4.78 is 4.90. The number of carbonyl (C=O) groups excluding carboxylic acids is 1. The molecule has 0 unspecified atom stereocenters. The first-order valence-corrected chi connectivity index (χ1v) is 7.03. The topological polar surface area (TPSA) is 75.3 Å². The Kier molecular flexibility index (Phi) is 4.93. The minimum atomic E-state index is -0.330. The number of rotatable bonds is 5. The summed E-state index contributed by atoms with van der Waals surface area (Å²) in [6, 6.07) is 6.70. The van der Waals surface area contributed by atoms with Crippen LogP contribution in [0.5, 0.6) is 5.75 Å². The van der Waals surface area contributed by atoms with Gasteiger partial charge in [0, 0.05) is 25.5 Å². The summed E-state index contributed by atoms with van der Waals surface area (Å²) in [4.78, 5) is 33.0. The highest BCUT2D eigenvalue weighted by Gasteiger charge is 2.23. The molecule has 0 fully saturated rings. The smallest absolute Gasteiger partial charge is 0.270 e. The average Bonchev–Trinajstić information content (AvgIpc) is 2.55. The third kappa shape index (κ3) is 3.16. The predicted octanol–water partition coefficient (Wildman–Crippen LogP) is 2.00. The van der Waals surface area contributed by atoms with E-state index in [2.05, 4.69) is 9.97 Å². The molecule has 1 amide bonds. The van der Waals surface area contributed by atoms with Gasteiger partial charge in [-0.3, -0.25) is 14.6 Å². The van der Waals surface area contributed by atoms with Crippen molar-refractivity contribution in [3.8, 4) is 5.75 Å². The molecule has 0 aliphatic rings. The lowest BCUT2D eigenvalue weighted by atomic mass is 10.1. The van der Waals surface area contributed by atoms with Crippen molar-refractivity contribution in [3.05, 3.63) is 58.3 Å². The Morgan fingerprint density at radius 2 is 2.23 bits per heavy atom. The third-order valence-corrected chi connectivity index (χ3v) is 3.53. The maximum Gasteiger partial charge on any atom is 0.270 e. The standard InChI is InChI=1S/C16H19N3O3/c1-4-13(11-7-5-6-8-17-11)19(2)16(21)12-9-14(20)15(22-3)10-18-12/h5-10,13H,4H2,1-3H3,(H,18,20)/t13-/m1/s1. The summed E-state index contributed by atoms with van der Waals surface area (Å²) >= 11 is 0. The van der Waals surface area contributed by atoms with Crippen molar-refractivity contribution in [3.63, 3.8) is 0 Å². The van der Waals surface area contributed by atoms with Crippen molar-refractivity contribution in [2.24, 2.45) is 0 Å². The van der Waals surface area contributed by atoms with Crippen molar-refractivity contribution < 1.29 is 9.53 Å². The highest BCUT2D eigenvalue weighted by molar-refractivity contribution is 5.92. The minimum absolute atomic E-state index is 0.153. The number of aromatic nitrogens is 2. The number of nitrogens with one attached hydrogen (secondary N) is 1. The SMILES string of the molecule is CC[C@H](c1ccccn1)N(C)C(=O)c1cc(=O)c(OC)c[nH]1. The number of H-pyrrole nitrogens is 1. The Hall–Kier alpha value is -2.63. The largest absolute Gasteiger partial charge is 0.491 e. The molecule has 0 bridgehead atoms. The van der Waals surface area contributed by atoms with E-state index in [0.717, 1.165) is 12.1 Å². The Bertz CT molecular complexity index is 697. The number of methoxy groups -OCH3 is 1. The van der Waals surface area contributed by atoms with E-state index < -0.39 is 0 Å². The number of pyridine rings is 2. The molecule has 0 aliphatic heterocycles. The Labute approximate surface area is 128 Å². The lowest BCUT2D eigenvalue weighted by molar-refractivity contribution is 0.0716. The predicted molar refractivity (Wildman–Crippen MR) is 83.0 cm³/mol. The van der Waals surface area contributed by atoms with E-state index in [-0.39, 0.29) is 28.8 Å². The van der Waals surface area contributed by atoms with Gasteiger partial charge in [0.2, 0.25) is 5.43 Å². The second kappa shape index (κ2) is 6.89. The highest BCUT2D eigenvalue weighted by atomic mass is 16.5. The van der Waals surface area contributed by atoms with Crippen LogP contribution in [0.15, 0.2) is 41.5 Å². The quantitative estimate of drug-likeness (QED) is 0.916. The lowest BCUT2D eigenvalue weighted by Gasteiger charge is -2.26. The van der Waals surface area contributed by atoms with Crippen LogP contribution in [0.2, 0.25) is 0 Å². The van der Waals surface area contributed by atoms with E-state index in [0.29, 0.717) is 0 Å². The number of amides is 1. The second-order valence-corrected chi connectivity index (χ2v) is 4.87. The van der Waals surface area contributed by atoms with Crippen molar-refractivity contribution in [2.45, 2.75) is 19.4 Å². The summed E-state index contributed by atoms with van der Waals surface area (Å²) in [6.45, 7) is 1.99. The summed E-state index contributed by atoms with van der Waals surface area (Å²) in [5, 5.41) is 0. The zero-order chi connectivity index (χ0) is 16.1. The molecule has 0 saturated carbocycles. The fourth-order valence-corrected chi connectivity index (χ4v) is 2.33. The fraction of sp³-hybridized carbons (Fsp3) is 0.312. The molecule has 116 valence electrons. The van der Waals surface area contributed by atoms with Crippen molar-refractivity contribution in [1.29, 1.82) is 0 Å². The van der Waals surface area contributed by atoms with E-state index in [9.17, 15) is 9.59 Å². The Balaban J connectivity index is 2.28. The average molecular weight is 301 g/mol. The van der Waals surface area contributed by atoms with E-state index in [1.54, 1.807) is 18.1 Å². The molecule has 0 saturated heterocycles. The monoisotopic (exact) mass is 301 g/mol. The Morgan fingerprint density at radius 3 is 2.77 bits per heavy atom. The van der Waals surface area contributed by atoms with Gasteiger partial charge in [0.1, 0.15) is 5.69 Å². The van der Waals surface area contributed by atoms with Crippen molar-refractivity contribution >= 4 is 5.91 Å². The molecular weight excluding hydrogens is 282 g/mol. The number of aromatic amines is 1. The van der Waals surface area contributed by atoms with Crippen LogP contribution in [-0.2, 0) is 0 Å². The number of ether oxygens (including phenoxy) is 1. The van der Waals surface area contributed by atoms with Crippen LogP contribution < -0.4 is 10.2 Å². The number of nitrogens with zero attached hydrogens (tertiary/aromatic N) is 2. The molecule has 0 radical (unpaired) electrons. The Morgan fingerprint density at radius 1 is 1.45 bits per heavy atom. The lowest BCUT2D eigenvalue weighted by Crippen LogP contribution is -2.32. The van der Waals surface area contributed by atoms with Crippen LogP contribution in [-0.4, -0.2) is 34.9 Å². The molecule has 6 nitrogen and oxygen atoms in total. The fourth-order valence-electron chi connectivity index (χ4n) is 2.33. The van der Waals surface area contributed by atoms with Gasteiger partial charge in [-0.2, -0.15) is 0 Å². The second-order valence-electron chi connectivity index (χ2n) is 4.87. The van der Waals surface area contributed by atoms with Gasteiger partial charge < -0.3 is 14.6 Å². The molecule has 22 heavy (non-hydrogen) atoms. The van der Waals surface area contributed by atoms with Crippen LogP contribution in [0.25, 0.3) is 0 Å². The summed E-state index contributed by atoms with van der Waals surface area (Å²) in [6.07, 6.45) is 3.82.